The van der Waals surface area contributed by atoms with Gasteiger partial charge in [0, 0.05) is 31.5 Å². The molecule has 0 atom stereocenters. The maximum absolute atomic E-state index is 12.6. The van der Waals surface area contributed by atoms with E-state index in [0.29, 0.717) is 16.7 Å². The van der Waals surface area contributed by atoms with Crippen LogP contribution in [0.2, 0.25) is 0 Å². The molecule has 0 radical (unpaired) electrons. The molecule has 7 heteroatoms. The van der Waals surface area contributed by atoms with Crippen LogP contribution in [0.5, 0.6) is 0 Å². The van der Waals surface area contributed by atoms with E-state index in [-0.39, 0.29) is 5.69 Å². The minimum absolute atomic E-state index is 0.117. The second kappa shape index (κ2) is 7.20. The predicted molar refractivity (Wildman–Crippen MR) is 104 cm³/mol. The molecule has 1 saturated heterocycles. The first kappa shape index (κ1) is 17.2. The largest absolute Gasteiger partial charge is 0.378 e. The zero-order valence-electron chi connectivity index (χ0n) is 15.0. The number of aryl methyl sites for hydroxylation is 1. The average Bonchev–Trinajstić information content (AvgIpc) is 2.72. The Kier molecular flexibility index (Phi) is 4.60. The molecule has 4 rings (SSSR count). The Morgan fingerprint density at radius 2 is 1.78 bits per heavy atom. The third kappa shape index (κ3) is 3.41. The van der Waals surface area contributed by atoms with E-state index in [1.807, 2.05) is 36.4 Å². The van der Waals surface area contributed by atoms with Gasteiger partial charge in [-0.2, -0.15) is 0 Å². The fraction of sp³-hybridized carbons (Fsp3) is 0.250. The van der Waals surface area contributed by atoms with Gasteiger partial charge in [0.25, 0.3) is 11.5 Å². The molecule has 1 aliphatic heterocycles. The van der Waals surface area contributed by atoms with E-state index in [9.17, 15) is 9.59 Å². The summed E-state index contributed by atoms with van der Waals surface area (Å²) in [6, 6.07) is 14.8. The Labute approximate surface area is 156 Å². The molecular weight excluding hydrogens is 344 g/mol. The Morgan fingerprint density at radius 1 is 1.07 bits per heavy atom. The number of hydrogen-bond acceptors (Lipinski definition) is 5. The summed E-state index contributed by atoms with van der Waals surface area (Å²) < 4.78 is 6.80. The van der Waals surface area contributed by atoms with Crippen LogP contribution < -0.4 is 15.8 Å². The summed E-state index contributed by atoms with van der Waals surface area (Å²) in [5, 5.41) is 2.76. The number of ether oxygens (including phenoxy) is 1. The van der Waals surface area contributed by atoms with Crippen LogP contribution in [0.3, 0.4) is 0 Å². The molecule has 1 fully saturated rings. The molecular formula is C20H20N4O3. The smallest absolute Gasteiger partial charge is 0.282 e. The zero-order chi connectivity index (χ0) is 18.8. The van der Waals surface area contributed by atoms with Crippen molar-refractivity contribution >= 4 is 28.3 Å². The maximum atomic E-state index is 12.6. The van der Waals surface area contributed by atoms with Gasteiger partial charge in [0.05, 0.1) is 24.2 Å². The highest BCUT2D eigenvalue weighted by Crippen LogP contribution is 2.19. The minimum Gasteiger partial charge on any atom is -0.378 e. The van der Waals surface area contributed by atoms with Crippen molar-refractivity contribution < 1.29 is 9.53 Å². The molecule has 1 N–H and O–H groups in total. The van der Waals surface area contributed by atoms with Gasteiger partial charge in [-0.1, -0.05) is 12.1 Å². The van der Waals surface area contributed by atoms with Crippen molar-refractivity contribution in [2.24, 2.45) is 7.05 Å². The van der Waals surface area contributed by atoms with Crippen molar-refractivity contribution in [3.63, 3.8) is 0 Å². The van der Waals surface area contributed by atoms with Gasteiger partial charge in [0.1, 0.15) is 0 Å². The van der Waals surface area contributed by atoms with Crippen LogP contribution in [-0.2, 0) is 11.8 Å². The first-order chi connectivity index (χ1) is 13.1. The fourth-order valence-electron chi connectivity index (χ4n) is 3.19. The van der Waals surface area contributed by atoms with Crippen molar-refractivity contribution in [1.29, 1.82) is 0 Å². The standard InChI is InChI=1S/C20H20N4O3/c1-23-17-5-3-2-4-16(17)22-18(20(23)26)19(25)21-14-6-8-15(9-7-14)24-10-12-27-13-11-24/h2-9H,10-13H2,1H3,(H,21,25). The monoisotopic (exact) mass is 364 g/mol. The van der Waals surface area contributed by atoms with Crippen molar-refractivity contribution in [2.75, 3.05) is 36.5 Å². The lowest BCUT2D eigenvalue weighted by Gasteiger charge is -2.28. The van der Waals surface area contributed by atoms with Crippen LogP contribution in [-0.4, -0.2) is 41.8 Å². The van der Waals surface area contributed by atoms with Gasteiger partial charge in [0.15, 0.2) is 5.69 Å². The molecule has 0 spiro atoms. The van der Waals surface area contributed by atoms with Crippen LogP contribution in [0.1, 0.15) is 10.5 Å². The van der Waals surface area contributed by atoms with Crippen LogP contribution in [0.25, 0.3) is 11.0 Å². The lowest BCUT2D eigenvalue weighted by Crippen LogP contribution is -2.36. The molecule has 138 valence electrons. The van der Waals surface area contributed by atoms with E-state index in [0.717, 1.165) is 32.0 Å². The maximum Gasteiger partial charge on any atom is 0.282 e. The van der Waals surface area contributed by atoms with Crippen LogP contribution in [0.15, 0.2) is 53.3 Å². The molecule has 1 aromatic heterocycles. The molecule has 1 aliphatic rings. The normalized spacial score (nSPS) is 14.3. The Hall–Kier alpha value is -3.19. The predicted octanol–water partition coefficient (Wildman–Crippen LogP) is 2.02. The van der Waals surface area contributed by atoms with Crippen molar-refractivity contribution in [3.8, 4) is 0 Å². The second-order valence-electron chi connectivity index (χ2n) is 6.41. The molecule has 7 nitrogen and oxygen atoms in total. The number of carbonyl (C=O) groups excluding carboxylic acids is 1. The van der Waals surface area contributed by atoms with Gasteiger partial charge < -0.3 is 19.5 Å². The number of benzene rings is 2. The summed E-state index contributed by atoms with van der Waals surface area (Å²) in [6.45, 7) is 3.14. The number of para-hydroxylation sites is 2. The van der Waals surface area contributed by atoms with E-state index >= 15 is 0 Å². The number of amides is 1. The summed E-state index contributed by atoms with van der Waals surface area (Å²) in [6.07, 6.45) is 0. The third-order valence-electron chi connectivity index (χ3n) is 4.70. The first-order valence-electron chi connectivity index (χ1n) is 8.83. The second-order valence-corrected chi connectivity index (χ2v) is 6.41. The molecule has 3 aromatic rings. The molecule has 2 aromatic carbocycles. The lowest BCUT2D eigenvalue weighted by molar-refractivity contribution is 0.102. The van der Waals surface area contributed by atoms with E-state index in [1.54, 1.807) is 19.2 Å². The van der Waals surface area contributed by atoms with Gasteiger partial charge in [-0.25, -0.2) is 4.98 Å². The summed E-state index contributed by atoms with van der Waals surface area (Å²) >= 11 is 0. The summed E-state index contributed by atoms with van der Waals surface area (Å²) in [4.78, 5) is 31.6. The topological polar surface area (TPSA) is 76.5 Å². The van der Waals surface area contributed by atoms with Gasteiger partial charge >= 0.3 is 0 Å². The number of nitrogens with zero attached hydrogens (tertiary/aromatic N) is 3. The number of morpholine rings is 1. The van der Waals surface area contributed by atoms with Gasteiger partial charge in [-0.3, -0.25) is 9.59 Å². The van der Waals surface area contributed by atoms with Crippen LogP contribution in [0.4, 0.5) is 11.4 Å². The number of aromatic nitrogens is 2. The van der Waals surface area contributed by atoms with Crippen LogP contribution in [0, 0.1) is 0 Å². The van der Waals surface area contributed by atoms with Crippen molar-refractivity contribution in [2.45, 2.75) is 0 Å². The Balaban J connectivity index is 1.56. The van der Waals surface area contributed by atoms with Crippen LogP contribution >= 0.6 is 0 Å². The number of carbonyl (C=O) groups is 1. The lowest BCUT2D eigenvalue weighted by atomic mass is 10.2. The Bertz CT molecular complexity index is 1040. The van der Waals surface area contributed by atoms with Gasteiger partial charge in [-0.15, -0.1) is 0 Å². The highest BCUT2D eigenvalue weighted by atomic mass is 16.5. The van der Waals surface area contributed by atoms with E-state index in [4.69, 9.17) is 4.74 Å². The number of hydrogen-bond donors (Lipinski definition) is 1. The Morgan fingerprint density at radius 3 is 2.52 bits per heavy atom. The fourth-order valence-corrected chi connectivity index (χ4v) is 3.19. The highest BCUT2D eigenvalue weighted by molar-refractivity contribution is 6.03. The minimum atomic E-state index is -0.513. The highest BCUT2D eigenvalue weighted by Gasteiger charge is 2.17. The number of nitrogens with one attached hydrogen (secondary N) is 1. The average molecular weight is 364 g/mol. The molecule has 1 amide bonds. The van der Waals surface area contributed by atoms with Crippen molar-refractivity contribution in [3.05, 3.63) is 64.6 Å². The zero-order valence-corrected chi connectivity index (χ0v) is 15.0. The number of fused-ring (bicyclic) bond motifs is 1. The first-order valence-corrected chi connectivity index (χ1v) is 8.83. The van der Waals surface area contributed by atoms with E-state index < -0.39 is 11.5 Å². The van der Waals surface area contributed by atoms with Gasteiger partial charge in [0.2, 0.25) is 0 Å². The summed E-state index contributed by atoms with van der Waals surface area (Å²) in [5.41, 5.74) is 2.45. The molecule has 0 saturated carbocycles. The molecule has 2 heterocycles. The third-order valence-corrected chi connectivity index (χ3v) is 4.70. The summed E-state index contributed by atoms with van der Waals surface area (Å²) in [7, 11) is 1.64. The summed E-state index contributed by atoms with van der Waals surface area (Å²) in [5.74, 6) is -0.513. The molecule has 0 bridgehead atoms. The SMILES string of the molecule is Cn1c(=O)c(C(=O)Nc2ccc(N3CCOCC3)cc2)nc2ccccc21. The van der Waals surface area contributed by atoms with Crippen molar-refractivity contribution in [1.82, 2.24) is 9.55 Å². The quantitative estimate of drug-likeness (QED) is 0.769. The van der Waals surface area contributed by atoms with E-state index in [2.05, 4.69) is 15.2 Å². The van der Waals surface area contributed by atoms with Gasteiger partial charge in [-0.05, 0) is 36.4 Å². The number of anilines is 2. The van der Waals surface area contributed by atoms with E-state index in [1.165, 1.54) is 4.57 Å². The molecule has 0 aliphatic carbocycles. The molecule has 0 unspecified atom stereocenters. The number of rotatable bonds is 3. The molecule has 27 heavy (non-hydrogen) atoms.